The van der Waals surface area contributed by atoms with Gasteiger partial charge in [-0.15, -0.1) is 0 Å². The number of allylic oxidation sites excluding steroid dienone is 2. The van der Waals surface area contributed by atoms with E-state index in [-0.39, 0.29) is 30.8 Å². The van der Waals surface area contributed by atoms with Gasteiger partial charge >= 0.3 is 5.97 Å². The number of carbonyl (C=O) groups is 1. The molecular formula is C48H74O14. The van der Waals surface area contributed by atoms with E-state index >= 15 is 0 Å². The molecule has 7 rings (SSSR count). The summed E-state index contributed by atoms with van der Waals surface area (Å²) in [7, 11) is 3.23. The van der Waals surface area contributed by atoms with E-state index in [0.717, 1.165) is 18.4 Å². The Hall–Kier alpha value is -2.05. The maximum atomic E-state index is 14.4. The number of hydrogen-bond acceptors (Lipinski definition) is 14. The van der Waals surface area contributed by atoms with E-state index in [1.807, 2.05) is 19.1 Å². The number of ether oxygens (including phenoxy) is 10. The highest BCUT2D eigenvalue weighted by Crippen LogP contribution is 2.48. The molecule has 14 heteroatoms. The Balaban J connectivity index is 1.18. The molecule has 5 fully saturated rings. The van der Waals surface area contributed by atoms with Crippen molar-refractivity contribution >= 4 is 5.97 Å². The topological polar surface area (TPSA) is 170 Å². The van der Waals surface area contributed by atoms with Crippen LogP contribution in [0.15, 0.2) is 47.1 Å². The minimum Gasteiger partial charge on any atom is -0.462 e. The standard InChI is InChI=1S/C48H74O14/c1-11-25(2)43-28(5)17-18-47(62-43)23-34-20-33(61-47)16-15-27(4)42(26(3)13-12-14-32-24-55-45-40(49)29(6)19-35(46(51)58-34)48(32,45)52)59-39-22-37(54-10)44(31(8)57-39)60-38-21-36(53-9)41(50)30(7)56-38/h12-15,19,25-26,28,30-31,33-45,49-50,52H,11,16-18,20-24H2,1-10H3/b13-12+,27-15+,32-14?/t25-,26+,28+,30+,31+,33+,34+,35+,36+,37+,38-,39-,40-,41+,42-,43-,44-,45-,47-,48-/m1/s1. The lowest BCUT2D eigenvalue weighted by molar-refractivity contribution is -0.340. The molecule has 0 unspecified atom stereocenters. The van der Waals surface area contributed by atoms with Gasteiger partial charge < -0.3 is 62.7 Å². The first-order chi connectivity index (χ1) is 29.5. The highest BCUT2D eigenvalue weighted by Gasteiger charge is 2.60. The van der Waals surface area contributed by atoms with Gasteiger partial charge in [0.15, 0.2) is 18.4 Å². The fraction of sp³-hybridized carbons (Fsp3) is 0.812. The first-order valence-corrected chi connectivity index (χ1v) is 23.2. The molecule has 0 aromatic heterocycles. The van der Waals surface area contributed by atoms with Gasteiger partial charge in [-0.3, -0.25) is 4.79 Å². The summed E-state index contributed by atoms with van der Waals surface area (Å²) in [5, 5.41) is 34.2. The lowest BCUT2D eigenvalue weighted by Gasteiger charge is -2.51. The Kier molecular flexibility index (Phi) is 15.3. The molecule has 1 spiro atoms. The van der Waals surface area contributed by atoms with Gasteiger partial charge in [0.1, 0.15) is 42.0 Å². The van der Waals surface area contributed by atoms with E-state index in [4.69, 9.17) is 47.4 Å². The molecular weight excluding hydrogens is 801 g/mol. The third kappa shape index (κ3) is 9.73. The van der Waals surface area contributed by atoms with E-state index in [2.05, 4.69) is 40.7 Å². The molecule has 350 valence electrons. The highest BCUT2D eigenvalue weighted by molar-refractivity contribution is 5.78. The molecule has 0 amide bonds. The normalized spacial score (nSPS) is 48.6. The van der Waals surface area contributed by atoms with Crippen LogP contribution < -0.4 is 0 Å². The SMILES string of the molecule is CC[C@@H](C)[C@H]1O[C@]2(CC[C@@H]1C)C[C@@H]1C[C@H](C/C=C(\C)[C@H](O[C@@H]3C[C@H](OC)[C@H](O[C@@H]4C[C@H](OC)[C@@H](O)[C@H](C)O4)[C@H](C)O3)[C@@H](C)/C=C/C=C3CO[C@@H]4[C@H](O)C(C)=C[C@@H](C(=O)O1)[C@]34O)O2. The molecule has 0 aromatic carbocycles. The molecule has 5 saturated heterocycles. The summed E-state index contributed by atoms with van der Waals surface area (Å²) in [6, 6.07) is 0. The summed E-state index contributed by atoms with van der Waals surface area (Å²) in [4.78, 5) is 14.4. The number of aliphatic hydroxyl groups excluding tert-OH is 2. The summed E-state index contributed by atoms with van der Waals surface area (Å²) in [6.07, 6.45) is 6.53. The van der Waals surface area contributed by atoms with Crippen LogP contribution in [0.25, 0.3) is 0 Å². The number of carbonyl (C=O) groups excluding carboxylic acids is 1. The molecule has 7 aliphatic rings. The molecule has 0 aromatic rings. The van der Waals surface area contributed by atoms with Gasteiger partial charge in [0.2, 0.25) is 0 Å². The van der Waals surface area contributed by atoms with Crippen LogP contribution in [-0.4, -0.2) is 139 Å². The molecule has 0 radical (unpaired) electrons. The van der Waals surface area contributed by atoms with Crippen LogP contribution in [0.2, 0.25) is 0 Å². The number of rotatable bonds is 8. The average molecular weight is 875 g/mol. The van der Waals surface area contributed by atoms with Gasteiger partial charge in [-0.1, -0.05) is 64.5 Å². The summed E-state index contributed by atoms with van der Waals surface area (Å²) >= 11 is 0. The van der Waals surface area contributed by atoms with Crippen molar-refractivity contribution in [3.63, 3.8) is 0 Å². The number of fused-ring (bicyclic) bond motifs is 2. The van der Waals surface area contributed by atoms with Crippen molar-refractivity contribution in [2.24, 2.45) is 23.7 Å². The minimum atomic E-state index is -1.82. The minimum absolute atomic E-state index is 0.00708. The van der Waals surface area contributed by atoms with Gasteiger partial charge in [-0.05, 0) is 69.1 Å². The van der Waals surface area contributed by atoms with E-state index < -0.39 is 90.8 Å². The van der Waals surface area contributed by atoms with Crippen LogP contribution in [0.1, 0.15) is 107 Å². The first kappa shape index (κ1) is 47.9. The van der Waals surface area contributed by atoms with Crippen molar-refractivity contribution in [2.45, 2.75) is 204 Å². The monoisotopic (exact) mass is 875 g/mol. The predicted octanol–water partition coefficient (Wildman–Crippen LogP) is 5.60. The zero-order chi connectivity index (χ0) is 44.7. The van der Waals surface area contributed by atoms with Crippen molar-refractivity contribution in [3.8, 4) is 0 Å². The maximum Gasteiger partial charge on any atom is 0.316 e. The fourth-order valence-electron chi connectivity index (χ4n) is 11.0. The van der Waals surface area contributed by atoms with Gasteiger partial charge in [0.05, 0.1) is 49.3 Å². The number of methoxy groups -OCH3 is 2. The summed E-state index contributed by atoms with van der Waals surface area (Å²) in [6.45, 7) is 16.3. The Morgan fingerprint density at radius 1 is 0.919 bits per heavy atom. The lowest BCUT2D eigenvalue weighted by Crippen LogP contribution is -2.58. The maximum absolute atomic E-state index is 14.4. The number of esters is 1. The third-order valence-electron chi connectivity index (χ3n) is 14.9. The zero-order valence-electron chi connectivity index (χ0n) is 38.5. The van der Waals surface area contributed by atoms with Crippen molar-refractivity contribution in [2.75, 3.05) is 20.8 Å². The number of aliphatic hydroxyl groups is 3. The molecule has 62 heavy (non-hydrogen) atoms. The highest BCUT2D eigenvalue weighted by atomic mass is 16.7. The Labute approximate surface area is 368 Å². The molecule has 6 aliphatic heterocycles. The van der Waals surface area contributed by atoms with Gasteiger partial charge in [-0.2, -0.15) is 0 Å². The van der Waals surface area contributed by atoms with Crippen LogP contribution in [0.4, 0.5) is 0 Å². The van der Waals surface area contributed by atoms with Crippen molar-refractivity contribution in [3.05, 3.63) is 47.1 Å². The molecule has 1 aliphatic carbocycles. The second kappa shape index (κ2) is 19.8. The van der Waals surface area contributed by atoms with Crippen molar-refractivity contribution < 1.29 is 67.5 Å². The van der Waals surface area contributed by atoms with Crippen molar-refractivity contribution in [1.82, 2.24) is 0 Å². The van der Waals surface area contributed by atoms with E-state index in [1.165, 1.54) is 0 Å². The lowest BCUT2D eigenvalue weighted by atomic mass is 9.71. The van der Waals surface area contributed by atoms with Crippen LogP contribution in [0, 0.1) is 23.7 Å². The van der Waals surface area contributed by atoms with Crippen LogP contribution in [-0.2, 0) is 52.2 Å². The van der Waals surface area contributed by atoms with Gasteiger partial charge in [-0.25, -0.2) is 0 Å². The van der Waals surface area contributed by atoms with E-state index in [1.54, 1.807) is 40.2 Å². The fourth-order valence-corrected chi connectivity index (χ4v) is 11.0. The molecule has 20 atom stereocenters. The smallest absolute Gasteiger partial charge is 0.316 e. The summed E-state index contributed by atoms with van der Waals surface area (Å²) in [5.41, 5.74) is 0.188. The number of hydrogen-bond donors (Lipinski definition) is 3. The predicted molar refractivity (Wildman–Crippen MR) is 227 cm³/mol. The molecule has 2 bridgehead atoms. The molecule has 0 saturated carbocycles. The first-order valence-electron chi connectivity index (χ1n) is 23.2. The van der Waals surface area contributed by atoms with Crippen LogP contribution in [0.3, 0.4) is 0 Å². The summed E-state index contributed by atoms with van der Waals surface area (Å²) < 4.78 is 63.9. The molecule has 14 nitrogen and oxygen atoms in total. The van der Waals surface area contributed by atoms with Gasteiger partial charge in [0.25, 0.3) is 0 Å². The molecule has 6 heterocycles. The Bertz CT molecular complexity index is 1680. The van der Waals surface area contributed by atoms with Crippen molar-refractivity contribution in [1.29, 1.82) is 0 Å². The largest absolute Gasteiger partial charge is 0.462 e. The third-order valence-corrected chi connectivity index (χ3v) is 14.9. The van der Waals surface area contributed by atoms with Crippen LogP contribution >= 0.6 is 0 Å². The van der Waals surface area contributed by atoms with Crippen LogP contribution in [0.5, 0.6) is 0 Å². The van der Waals surface area contributed by atoms with E-state index in [0.29, 0.717) is 61.5 Å². The Morgan fingerprint density at radius 2 is 1.63 bits per heavy atom. The Morgan fingerprint density at radius 3 is 2.35 bits per heavy atom. The quantitative estimate of drug-likeness (QED) is 0.204. The second-order valence-electron chi connectivity index (χ2n) is 19.4. The summed E-state index contributed by atoms with van der Waals surface area (Å²) in [5.74, 6) is -2.10. The second-order valence-corrected chi connectivity index (χ2v) is 19.4. The molecule has 3 N–H and O–H groups in total. The van der Waals surface area contributed by atoms with Gasteiger partial charge in [0, 0.05) is 52.2 Å². The average Bonchev–Trinajstić information content (AvgIpc) is 3.58. The zero-order valence-corrected chi connectivity index (χ0v) is 38.5. The van der Waals surface area contributed by atoms with E-state index in [9.17, 15) is 20.1 Å².